The van der Waals surface area contributed by atoms with Crippen LogP contribution in [-0.4, -0.2) is 6.61 Å². The van der Waals surface area contributed by atoms with Crippen LogP contribution in [-0.2, 0) is 6.42 Å². The van der Waals surface area contributed by atoms with Crippen molar-refractivity contribution < 1.29 is 9.15 Å². The summed E-state index contributed by atoms with van der Waals surface area (Å²) in [6.07, 6.45) is 4.81. The Bertz CT molecular complexity index is 1330. The van der Waals surface area contributed by atoms with Crippen molar-refractivity contribution in [2.75, 3.05) is 6.61 Å². The molecule has 0 radical (unpaired) electrons. The lowest BCUT2D eigenvalue weighted by atomic mass is 10.0. The fraction of sp³-hybridized carbons (Fsp3) is 0.138. The maximum Gasteiger partial charge on any atom is 0.196 e. The fourth-order valence-corrected chi connectivity index (χ4v) is 3.63. The van der Waals surface area contributed by atoms with Crippen molar-refractivity contribution >= 4 is 17.0 Å². The molecule has 0 spiro atoms. The summed E-state index contributed by atoms with van der Waals surface area (Å²) in [7, 11) is 0. The van der Waals surface area contributed by atoms with Crippen LogP contribution in [0.2, 0.25) is 0 Å². The molecule has 0 atom stereocenters. The van der Waals surface area contributed by atoms with E-state index in [1.165, 1.54) is 5.56 Å². The van der Waals surface area contributed by atoms with Gasteiger partial charge >= 0.3 is 0 Å². The molecule has 0 N–H and O–H groups in total. The van der Waals surface area contributed by atoms with Crippen LogP contribution in [0.1, 0.15) is 23.6 Å². The Morgan fingerprint density at radius 1 is 1.00 bits per heavy atom. The summed E-state index contributed by atoms with van der Waals surface area (Å²) in [6.45, 7) is 8.05. The van der Waals surface area contributed by atoms with Crippen molar-refractivity contribution in [1.29, 1.82) is 0 Å². The van der Waals surface area contributed by atoms with Crippen molar-refractivity contribution in [3.05, 3.63) is 118 Å². The first-order valence-corrected chi connectivity index (χ1v) is 10.7. The molecule has 4 aromatic rings. The highest BCUT2D eigenvalue weighted by Gasteiger charge is 2.17. The van der Waals surface area contributed by atoms with Crippen molar-refractivity contribution in [3.63, 3.8) is 0 Å². The average molecular weight is 423 g/mol. The smallest absolute Gasteiger partial charge is 0.196 e. The van der Waals surface area contributed by atoms with Crippen molar-refractivity contribution in [2.24, 2.45) is 0 Å². The summed E-state index contributed by atoms with van der Waals surface area (Å²) in [5.41, 5.74) is 4.84. The van der Waals surface area contributed by atoms with Gasteiger partial charge in [-0.3, -0.25) is 4.79 Å². The molecule has 0 saturated heterocycles. The zero-order valence-corrected chi connectivity index (χ0v) is 18.4. The highest BCUT2D eigenvalue weighted by atomic mass is 16.5. The van der Waals surface area contributed by atoms with Crippen LogP contribution in [0.25, 0.3) is 28.4 Å². The Labute approximate surface area is 188 Å². The summed E-state index contributed by atoms with van der Waals surface area (Å²) in [5.74, 6) is 1.24. The van der Waals surface area contributed by atoms with Gasteiger partial charge in [0.2, 0.25) is 0 Å². The lowest BCUT2D eigenvalue weighted by Crippen LogP contribution is -2.09. The van der Waals surface area contributed by atoms with Crippen molar-refractivity contribution in [1.82, 2.24) is 0 Å². The molecule has 0 aliphatic rings. The summed E-state index contributed by atoms with van der Waals surface area (Å²) < 4.78 is 12.4. The van der Waals surface area contributed by atoms with E-state index in [-0.39, 0.29) is 5.43 Å². The van der Waals surface area contributed by atoms with Gasteiger partial charge in [0, 0.05) is 11.1 Å². The minimum Gasteiger partial charge on any atom is -0.489 e. The van der Waals surface area contributed by atoms with Crippen molar-refractivity contribution in [2.45, 2.75) is 20.3 Å². The first kappa shape index (κ1) is 21.4. The molecule has 0 fully saturated rings. The molecule has 0 unspecified atom stereocenters. The van der Waals surface area contributed by atoms with E-state index < -0.39 is 0 Å². The molecule has 0 bridgehead atoms. The monoisotopic (exact) mass is 422 g/mol. The summed E-state index contributed by atoms with van der Waals surface area (Å²) in [4.78, 5) is 13.2. The zero-order valence-electron chi connectivity index (χ0n) is 18.4. The molecule has 0 saturated carbocycles. The van der Waals surface area contributed by atoms with Gasteiger partial charge in [0.05, 0.1) is 10.9 Å². The third-order valence-corrected chi connectivity index (χ3v) is 5.28. The topological polar surface area (TPSA) is 39.4 Å². The number of benzene rings is 3. The van der Waals surface area contributed by atoms with Gasteiger partial charge in [-0.1, -0.05) is 79.4 Å². The molecular formula is C29H26O3. The minimum atomic E-state index is -0.0331. The molecule has 0 amide bonds. The second kappa shape index (κ2) is 9.52. The molecule has 3 heteroatoms. The largest absolute Gasteiger partial charge is 0.489 e. The lowest BCUT2D eigenvalue weighted by Gasteiger charge is -2.13. The lowest BCUT2D eigenvalue weighted by molar-refractivity contribution is 0.352. The molecule has 4 rings (SSSR count). The van der Waals surface area contributed by atoms with Gasteiger partial charge in [-0.2, -0.15) is 0 Å². The van der Waals surface area contributed by atoms with Gasteiger partial charge in [0.15, 0.2) is 5.43 Å². The number of fused-ring (bicyclic) bond motifs is 1. The molecule has 3 aromatic carbocycles. The van der Waals surface area contributed by atoms with Crippen LogP contribution in [0.5, 0.6) is 5.75 Å². The first-order valence-electron chi connectivity index (χ1n) is 10.7. The summed E-state index contributed by atoms with van der Waals surface area (Å²) >= 11 is 0. The van der Waals surface area contributed by atoms with E-state index in [9.17, 15) is 4.79 Å². The average Bonchev–Trinajstić information content (AvgIpc) is 2.81. The van der Waals surface area contributed by atoms with Crippen molar-refractivity contribution in [3.8, 4) is 17.1 Å². The van der Waals surface area contributed by atoms with Gasteiger partial charge in [0.25, 0.3) is 0 Å². The maximum absolute atomic E-state index is 13.2. The zero-order chi connectivity index (χ0) is 22.5. The number of rotatable bonds is 7. The van der Waals surface area contributed by atoms with Crippen LogP contribution in [0.15, 0.2) is 100 Å². The summed E-state index contributed by atoms with van der Waals surface area (Å²) in [6, 6.07) is 23.6. The van der Waals surface area contributed by atoms with E-state index in [1.54, 1.807) is 6.07 Å². The molecule has 0 aliphatic heterocycles. The van der Waals surface area contributed by atoms with E-state index in [0.717, 1.165) is 23.1 Å². The number of hydrogen-bond donors (Lipinski definition) is 0. The first-order chi connectivity index (χ1) is 15.5. The minimum absolute atomic E-state index is 0.0331. The Morgan fingerprint density at radius 3 is 2.38 bits per heavy atom. The Kier molecular flexibility index (Phi) is 6.37. The molecule has 32 heavy (non-hydrogen) atoms. The Balaban J connectivity index is 1.87. The van der Waals surface area contributed by atoms with E-state index >= 15 is 0 Å². The highest BCUT2D eigenvalue weighted by Crippen LogP contribution is 2.33. The Morgan fingerprint density at radius 2 is 1.69 bits per heavy atom. The second-order valence-electron chi connectivity index (χ2n) is 7.94. The predicted molar refractivity (Wildman–Crippen MR) is 132 cm³/mol. The number of ether oxygens (including phenoxy) is 1. The SMILES string of the molecule is C=C(C)COc1ccc2c(=O)c(C)c(-c3ccccc3)oc2c1/C=C/Cc1ccccc1. The van der Waals surface area contributed by atoms with E-state index in [2.05, 4.69) is 24.8 Å². The van der Waals surface area contributed by atoms with Gasteiger partial charge in [-0.05, 0) is 43.5 Å². The van der Waals surface area contributed by atoms with Crippen LogP contribution in [0, 0.1) is 6.92 Å². The molecule has 160 valence electrons. The second-order valence-corrected chi connectivity index (χ2v) is 7.94. The third-order valence-electron chi connectivity index (χ3n) is 5.28. The van der Waals surface area contributed by atoms with Gasteiger partial charge in [-0.15, -0.1) is 0 Å². The highest BCUT2D eigenvalue weighted by molar-refractivity contribution is 5.90. The summed E-state index contributed by atoms with van der Waals surface area (Å²) in [5, 5.41) is 0.546. The third kappa shape index (κ3) is 4.57. The van der Waals surface area contributed by atoms with Gasteiger partial charge in [0.1, 0.15) is 23.7 Å². The molecular weight excluding hydrogens is 396 g/mol. The predicted octanol–water partition coefficient (Wildman–Crippen LogP) is 6.98. The molecule has 3 nitrogen and oxygen atoms in total. The van der Waals surface area contributed by atoms with E-state index in [1.807, 2.05) is 74.5 Å². The molecule has 1 aromatic heterocycles. The van der Waals surface area contributed by atoms with Crippen LogP contribution in [0.3, 0.4) is 0 Å². The molecule has 0 aliphatic carbocycles. The van der Waals surface area contributed by atoms with Gasteiger partial charge in [-0.25, -0.2) is 0 Å². The van der Waals surface area contributed by atoms with E-state index in [4.69, 9.17) is 9.15 Å². The van der Waals surface area contributed by atoms with Gasteiger partial charge < -0.3 is 9.15 Å². The normalized spacial score (nSPS) is 11.2. The fourth-order valence-electron chi connectivity index (χ4n) is 3.63. The van der Waals surface area contributed by atoms with E-state index in [0.29, 0.717) is 34.6 Å². The quantitative estimate of drug-likeness (QED) is 0.302. The van der Waals surface area contributed by atoms with Crippen LogP contribution >= 0.6 is 0 Å². The van der Waals surface area contributed by atoms with Crippen LogP contribution in [0.4, 0.5) is 0 Å². The maximum atomic E-state index is 13.2. The number of hydrogen-bond acceptors (Lipinski definition) is 3. The number of allylic oxidation sites excluding steroid dienone is 1. The Hall–Kier alpha value is -3.85. The standard InChI is InChI=1S/C29H26O3/c1-20(2)19-31-26-18-17-25-27(30)21(3)28(23-14-8-5-9-15-23)32-29(25)24(26)16-10-13-22-11-6-4-7-12-22/h4-12,14-18H,1,13,19H2,2-3H3/b16-10+. The molecule has 1 heterocycles. The van der Waals surface area contributed by atoms with Crippen LogP contribution < -0.4 is 10.2 Å².